The van der Waals surface area contributed by atoms with Crippen molar-refractivity contribution in [3.8, 4) is 0 Å². The molecule has 0 saturated carbocycles. The van der Waals surface area contributed by atoms with Crippen LogP contribution in [0.2, 0.25) is 0 Å². The lowest BCUT2D eigenvalue weighted by atomic mass is 10.2. The molecule has 0 heterocycles. The van der Waals surface area contributed by atoms with Gasteiger partial charge >= 0.3 is 0 Å². The molecule has 0 saturated heterocycles. The maximum absolute atomic E-state index is 13.7. The molecule has 0 aliphatic rings. The van der Waals surface area contributed by atoms with Crippen molar-refractivity contribution in [1.29, 1.82) is 0 Å². The van der Waals surface area contributed by atoms with Gasteiger partial charge in [0.15, 0.2) is 0 Å². The Labute approximate surface area is 116 Å². The van der Waals surface area contributed by atoms with Gasteiger partial charge in [0, 0.05) is 32.0 Å². The molecule has 6 heteroatoms. The minimum Gasteiger partial charge on any atom is -0.354 e. The van der Waals surface area contributed by atoms with E-state index >= 15 is 0 Å². The van der Waals surface area contributed by atoms with E-state index < -0.39 is 11.6 Å². The van der Waals surface area contributed by atoms with Gasteiger partial charge in [-0.05, 0) is 12.1 Å². The van der Waals surface area contributed by atoms with Crippen molar-refractivity contribution >= 4 is 17.5 Å². The molecule has 4 nitrogen and oxygen atoms in total. The summed E-state index contributed by atoms with van der Waals surface area (Å²) in [6.45, 7) is 5.10. The maximum atomic E-state index is 13.7. The fourth-order valence-electron chi connectivity index (χ4n) is 1.64. The van der Waals surface area contributed by atoms with Crippen LogP contribution in [0.25, 0.3) is 0 Å². The molecule has 0 aromatic heterocycles. The Hall–Kier alpha value is -1.98. The molecule has 1 rings (SSSR count). The number of anilines is 1. The number of rotatable bonds is 5. The molecule has 0 spiro atoms. The molecule has 0 radical (unpaired) electrons. The monoisotopic (exact) mass is 284 g/mol. The van der Waals surface area contributed by atoms with Crippen molar-refractivity contribution < 1.29 is 18.4 Å². The normalized spacial score (nSPS) is 10.5. The molecule has 20 heavy (non-hydrogen) atoms. The molecule has 1 aromatic carbocycles. The van der Waals surface area contributed by atoms with Crippen LogP contribution in [0.4, 0.5) is 14.5 Å². The zero-order chi connectivity index (χ0) is 15.3. The van der Waals surface area contributed by atoms with Crippen molar-refractivity contribution in [2.45, 2.75) is 20.8 Å². The Morgan fingerprint density at radius 2 is 1.95 bits per heavy atom. The second-order valence-corrected chi connectivity index (χ2v) is 4.71. The zero-order valence-corrected chi connectivity index (χ0v) is 11.7. The number of hydrogen-bond donors (Lipinski definition) is 1. The molecule has 0 bridgehead atoms. The summed E-state index contributed by atoms with van der Waals surface area (Å²) in [5, 5.41) is 2.64. The number of nitrogens with one attached hydrogen (secondary N) is 1. The Morgan fingerprint density at radius 3 is 2.45 bits per heavy atom. The van der Waals surface area contributed by atoms with Crippen LogP contribution < -0.4 is 10.2 Å². The molecule has 0 unspecified atom stereocenters. The average molecular weight is 284 g/mol. The molecular weight excluding hydrogens is 266 g/mol. The summed E-state index contributed by atoms with van der Waals surface area (Å²) in [6, 6.07) is 3.01. The van der Waals surface area contributed by atoms with Gasteiger partial charge in [-0.1, -0.05) is 13.8 Å². The minimum absolute atomic E-state index is 0.00213. The number of amides is 2. The van der Waals surface area contributed by atoms with Crippen molar-refractivity contribution in [1.82, 2.24) is 5.32 Å². The topological polar surface area (TPSA) is 49.4 Å². The van der Waals surface area contributed by atoms with Crippen LogP contribution in [0.15, 0.2) is 18.2 Å². The van der Waals surface area contributed by atoms with Crippen LogP contribution >= 0.6 is 0 Å². The molecule has 110 valence electrons. The van der Waals surface area contributed by atoms with E-state index in [1.54, 1.807) is 13.8 Å². The average Bonchev–Trinajstić information content (AvgIpc) is 2.35. The number of nitrogens with zero attached hydrogens (tertiary/aromatic N) is 1. The quantitative estimate of drug-likeness (QED) is 0.900. The Morgan fingerprint density at radius 1 is 1.30 bits per heavy atom. The number of carbonyl (C=O) groups excluding carboxylic acids is 2. The summed E-state index contributed by atoms with van der Waals surface area (Å²) < 4.78 is 26.5. The van der Waals surface area contributed by atoms with E-state index in [1.165, 1.54) is 13.0 Å². The summed E-state index contributed by atoms with van der Waals surface area (Å²) in [5.41, 5.74) is -0.00213. The molecule has 0 aliphatic heterocycles. The second kappa shape index (κ2) is 6.98. The van der Waals surface area contributed by atoms with Gasteiger partial charge in [-0.2, -0.15) is 0 Å². The first-order chi connectivity index (χ1) is 9.32. The van der Waals surface area contributed by atoms with Gasteiger partial charge in [0.05, 0.1) is 5.69 Å². The van der Waals surface area contributed by atoms with Gasteiger partial charge in [0.1, 0.15) is 11.6 Å². The smallest absolute Gasteiger partial charge is 0.224 e. The third-order valence-corrected chi connectivity index (χ3v) is 2.74. The summed E-state index contributed by atoms with van der Waals surface area (Å²) in [7, 11) is 0. The molecular formula is C14H18F2N2O2. The van der Waals surface area contributed by atoms with Gasteiger partial charge in [0.2, 0.25) is 11.8 Å². The highest BCUT2D eigenvalue weighted by Crippen LogP contribution is 2.20. The summed E-state index contributed by atoms with van der Waals surface area (Å²) in [6.07, 6.45) is 0. The Kier molecular flexibility index (Phi) is 5.61. The number of halogens is 2. The summed E-state index contributed by atoms with van der Waals surface area (Å²) >= 11 is 0. The first-order valence-electron chi connectivity index (χ1n) is 6.33. The van der Waals surface area contributed by atoms with E-state index in [-0.39, 0.29) is 36.5 Å². The van der Waals surface area contributed by atoms with Crippen molar-refractivity contribution in [3.05, 3.63) is 29.8 Å². The van der Waals surface area contributed by atoms with Crippen LogP contribution in [-0.4, -0.2) is 24.9 Å². The van der Waals surface area contributed by atoms with Crippen molar-refractivity contribution in [2.75, 3.05) is 18.0 Å². The van der Waals surface area contributed by atoms with E-state index in [2.05, 4.69) is 5.32 Å². The molecule has 1 N–H and O–H groups in total. The molecule has 0 aliphatic carbocycles. The standard InChI is InChI=1S/C14H18F2N2O2/c1-9(2)14(20)17-6-7-18(10(3)19)13-5-4-11(15)8-12(13)16/h4-5,8-9H,6-7H2,1-3H3,(H,17,20). The predicted molar refractivity (Wildman–Crippen MR) is 72.2 cm³/mol. The van der Waals surface area contributed by atoms with Crippen molar-refractivity contribution in [3.63, 3.8) is 0 Å². The zero-order valence-electron chi connectivity index (χ0n) is 11.7. The molecule has 0 fully saturated rings. The molecule has 0 atom stereocenters. The Bertz CT molecular complexity index is 504. The van der Waals surface area contributed by atoms with Crippen LogP contribution in [0.5, 0.6) is 0 Å². The van der Waals surface area contributed by atoms with Crippen LogP contribution in [0.3, 0.4) is 0 Å². The van der Waals surface area contributed by atoms with Gasteiger partial charge in [-0.3, -0.25) is 9.59 Å². The van der Waals surface area contributed by atoms with Crippen LogP contribution in [0, 0.1) is 17.6 Å². The van der Waals surface area contributed by atoms with Crippen molar-refractivity contribution in [2.24, 2.45) is 5.92 Å². The van der Waals surface area contributed by atoms with E-state index in [4.69, 9.17) is 0 Å². The predicted octanol–water partition coefficient (Wildman–Crippen LogP) is 2.09. The SMILES string of the molecule is CC(=O)N(CCNC(=O)C(C)C)c1ccc(F)cc1F. The van der Waals surface area contributed by atoms with Crippen LogP contribution in [-0.2, 0) is 9.59 Å². The summed E-state index contributed by atoms with van der Waals surface area (Å²) in [4.78, 5) is 24.1. The first-order valence-corrected chi connectivity index (χ1v) is 6.33. The largest absolute Gasteiger partial charge is 0.354 e. The van der Waals surface area contributed by atoms with E-state index in [1.807, 2.05) is 0 Å². The second-order valence-electron chi connectivity index (χ2n) is 4.71. The number of benzene rings is 1. The van der Waals surface area contributed by atoms with Gasteiger partial charge < -0.3 is 10.2 Å². The van der Waals surface area contributed by atoms with E-state index in [9.17, 15) is 18.4 Å². The van der Waals surface area contributed by atoms with E-state index in [0.717, 1.165) is 17.0 Å². The summed E-state index contributed by atoms with van der Waals surface area (Å²) in [5.74, 6) is -2.20. The molecule has 2 amide bonds. The highest BCUT2D eigenvalue weighted by Gasteiger charge is 2.16. The lowest BCUT2D eigenvalue weighted by Gasteiger charge is -2.22. The Balaban J connectivity index is 2.75. The highest BCUT2D eigenvalue weighted by molar-refractivity contribution is 5.91. The van der Waals surface area contributed by atoms with E-state index in [0.29, 0.717) is 0 Å². The number of carbonyl (C=O) groups is 2. The van der Waals surface area contributed by atoms with Gasteiger partial charge in [-0.25, -0.2) is 8.78 Å². The first kappa shape index (κ1) is 16.1. The number of hydrogen-bond acceptors (Lipinski definition) is 2. The fraction of sp³-hybridized carbons (Fsp3) is 0.429. The fourth-order valence-corrected chi connectivity index (χ4v) is 1.64. The molecule has 1 aromatic rings. The minimum atomic E-state index is -0.810. The maximum Gasteiger partial charge on any atom is 0.224 e. The van der Waals surface area contributed by atoms with Gasteiger partial charge in [-0.15, -0.1) is 0 Å². The van der Waals surface area contributed by atoms with Crippen LogP contribution in [0.1, 0.15) is 20.8 Å². The third kappa shape index (κ3) is 4.29. The lowest BCUT2D eigenvalue weighted by molar-refractivity contribution is -0.124. The third-order valence-electron chi connectivity index (χ3n) is 2.74. The van der Waals surface area contributed by atoms with Gasteiger partial charge in [0.25, 0.3) is 0 Å². The highest BCUT2D eigenvalue weighted by atomic mass is 19.1. The lowest BCUT2D eigenvalue weighted by Crippen LogP contribution is -2.39.